The quantitative estimate of drug-likeness (QED) is 0.633. The van der Waals surface area contributed by atoms with E-state index in [2.05, 4.69) is 0 Å². The van der Waals surface area contributed by atoms with Gasteiger partial charge in [-0.3, -0.25) is 9.59 Å². The van der Waals surface area contributed by atoms with Crippen LogP contribution in [-0.2, 0) is 24.3 Å². The second-order valence-corrected chi connectivity index (χ2v) is 9.63. The van der Waals surface area contributed by atoms with Crippen LogP contribution < -0.4 is 4.74 Å². The number of nitrogens with zero attached hydrogens (tertiary/aromatic N) is 3. The number of morpholine rings is 1. The minimum atomic E-state index is -3.69. The molecule has 30 heavy (non-hydrogen) atoms. The van der Waals surface area contributed by atoms with Crippen molar-refractivity contribution in [3.05, 3.63) is 23.8 Å². The fourth-order valence-corrected chi connectivity index (χ4v) is 4.99. The van der Waals surface area contributed by atoms with E-state index < -0.39 is 21.8 Å². The predicted octanol–water partition coefficient (Wildman–Crippen LogP) is 0.474. The Morgan fingerprint density at radius 2 is 1.53 bits per heavy atom. The van der Waals surface area contributed by atoms with Gasteiger partial charge in [0.1, 0.15) is 5.75 Å². The first-order chi connectivity index (χ1) is 14.2. The van der Waals surface area contributed by atoms with Crippen LogP contribution in [0.25, 0.3) is 0 Å². The normalized spacial score (nSPS) is 18.5. The Hall–Kier alpha value is -2.17. The largest absolute Gasteiger partial charge is 0.491 e. The van der Waals surface area contributed by atoms with Gasteiger partial charge in [-0.15, -0.1) is 0 Å². The van der Waals surface area contributed by atoms with Crippen LogP contribution in [0.5, 0.6) is 5.75 Å². The summed E-state index contributed by atoms with van der Waals surface area (Å²) in [5, 5.41) is 0. The van der Waals surface area contributed by atoms with Crippen molar-refractivity contribution in [3.8, 4) is 5.75 Å². The minimum Gasteiger partial charge on any atom is -0.491 e. The number of piperazine rings is 1. The lowest BCUT2D eigenvalue weighted by molar-refractivity contribution is -0.154. The standard InChI is InChI=1S/C20H29N3O6S/c1-15(2)29-18-5-4-17(14-16(18)3)30(26,27)23-8-6-21(7-9-23)19(24)20(25)22-10-12-28-13-11-22/h4-5,14-15H,6-13H2,1-3H3. The van der Waals surface area contributed by atoms with Gasteiger partial charge < -0.3 is 19.3 Å². The molecule has 0 aromatic heterocycles. The highest BCUT2D eigenvalue weighted by Crippen LogP contribution is 2.25. The fourth-order valence-electron chi connectivity index (χ4n) is 3.49. The lowest BCUT2D eigenvalue weighted by Crippen LogP contribution is -2.55. The van der Waals surface area contributed by atoms with Gasteiger partial charge in [-0.2, -0.15) is 4.31 Å². The molecule has 0 spiro atoms. The van der Waals surface area contributed by atoms with Crippen LogP contribution in [0.1, 0.15) is 19.4 Å². The summed E-state index contributed by atoms with van der Waals surface area (Å²) >= 11 is 0. The third-order valence-corrected chi connectivity index (χ3v) is 7.05. The van der Waals surface area contributed by atoms with Crippen molar-refractivity contribution in [1.29, 1.82) is 0 Å². The number of carbonyl (C=O) groups excluding carboxylic acids is 2. The molecule has 1 aromatic carbocycles. The van der Waals surface area contributed by atoms with E-state index in [1.54, 1.807) is 18.2 Å². The first-order valence-corrected chi connectivity index (χ1v) is 11.6. The smallest absolute Gasteiger partial charge is 0.312 e. The molecule has 0 unspecified atom stereocenters. The van der Waals surface area contributed by atoms with Gasteiger partial charge in [0.25, 0.3) is 0 Å². The van der Waals surface area contributed by atoms with Crippen molar-refractivity contribution in [2.75, 3.05) is 52.5 Å². The summed E-state index contributed by atoms with van der Waals surface area (Å²) in [6, 6.07) is 4.81. The summed E-state index contributed by atoms with van der Waals surface area (Å²) in [4.78, 5) is 28.0. The van der Waals surface area contributed by atoms with E-state index in [9.17, 15) is 18.0 Å². The molecule has 1 aromatic rings. The maximum absolute atomic E-state index is 13.0. The number of hydrogen-bond acceptors (Lipinski definition) is 6. The summed E-state index contributed by atoms with van der Waals surface area (Å²) in [6.45, 7) is 7.93. The molecule has 0 N–H and O–H groups in total. The van der Waals surface area contributed by atoms with E-state index in [1.807, 2.05) is 20.8 Å². The molecule has 0 bridgehead atoms. The predicted molar refractivity (Wildman–Crippen MR) is 110 cm³/mol. The van der Waals surface area contributed by atoms with E-state index in [0.29, 0.717) is 32.1 Å². The van der Waals surface area contributed by atoms with Crippen LogP contribution >= 0.6 is 0 Å². The number of amides is 2. The van der Waals surface area contributed by atoms with Crippen LogP contribution in [0.4, 0.5) is 0 Å². The van der Waals surface area contributed by atoms with Crippen LogP contribution in [0, 0.1) is 6.92 Å². The molecule has 166 valence electrons. The van der Waals surface area contributed by atoms with Crippen molar-refractivity contribution in [3.63, 3.8) is 0 Å². The summed E-state index contributed by atoms with van der Waals surface area (Å²) in [6.07, 6.45) is -0.00283. The van der Waals surface area contributed by atoms with E-state index in [1.165, 1.54) is 14.1 Å². The summed E-state index contributed by atoms with van der Waals surface area (Å²) in [7, 11) is -3.69. The molecule has 3 rings (SSSR count). The number of benzene rings is 1. The number of sulfonamides is 1. The Morgan fingerprint density at radius 3 is 2.07 bits per heavy atom. The molecule has 2 heterocycles. The molecule has 2 amide bonds. The Morgan fingerprint density at radius 1 is 0.967 bits per heavy atom. The zero-order chi connectivity index (χ0) is 21.9. The molecule has 0 radical (unpaired) electrons. The van der Waals surface area contributed by atoms with E-state index in [0.717, 1.165) is 5.56 Å². The molecule has 2 fully saturated rings. The fraction of sp³-hybridized carbons (Fsp3) is 0.600. The first-order valence-electron chi connectivity index (χ1n) is 10.1. The third kappa shape index (κ3) is 4.93. The maximum Gasteiger partial charge on any atom is 0.312 e. The number of aryl methyl sites for hydroxylation is 1. The van der Waals surface area contributed by atoms with Crippen molar-refractivity contribution < 1.29 is 27.5 Å². The molecule has 2 aliphatic rings. The Balaban J connectivity index is 1.63. The highest BCUT2D eigenvalue weighted by Gasteiger charge is 2.34. The van der Waals surface area contributed by atoms with E-state index >= 15 is 0 Å². The first kappa shape index (κ1) is 22.5. The monoisotopic (exact) mass is 439 g/mol. The molecule has 0 atom stereocenters. The van der Waals surface area contributed by atoms with Gasteiger partial charge in [-0.05, 0) is 44.5 Å². The molecular formula is C20H29N3O6S. The summed E-state index contributed by atoms with van der Waals surface area (Å²) < 4.78 is 38.3. The van der Waals surface area contributed by atoms with Crippen LogP contribution in [-0.4, -0.2) is 92.9 Å². The van der Waals surface area contributed by atoms with Crippen molar-refractivity contribution >= 4 is 21.8 Å². The van der Waals surface area contributed by atoms with Crippen LogP contribution in [0.15, 0.2) is 23.1 Å². The second kappa shape index (κ2) is 9.32. The van der Waals surface area contributed by atoms with Gasteiger partial charge in [-0.25, -0.2) is 8.42 Å². The topological polar surface area (TPSA) is 96.5 Å². The van der Waals surface area contributed by atoms with Gasteiger partial charge in [0, 0.05) is 39.3 Å². The van der Waals surface area contributed by atoms with Gasteiger partial charge >= 0.3 is 11.8 Å². The summed E-state index contributed by atoms with van der Waals surface area (Å²) in [5.74, 6) is -0.480. The zero-order valence-corrected chi connectivity index (χ0v) is 18.5. The Labute approximate surface area is 177 Å². The zero-order valence-electron chi connectivity index (χ0n) is 17.7. The van der Waals surface area contributed by atoms with Gasteiger partial charge in [0.2, 0.25) is 10.0 Å². The second-order valence-electron chi connectivity index (χ2n) is 7.69. The molecular weight excluding hydrogens is 410 g/mol. The molecule has 9 nitrogen and oxygen atoms in total. The van der Waals surface area contributed by atoms with Gasteiger partial charge in [0.15, 0.2) is 0 Å². The number of hydrogen-bond donors (Lipinski definition) is 0. The average Bonchev–Trinajstić information content (AvgIpc) is 2.74. The van der Waals surface area contributed by atoms with E-state index in [-0.39, 0.29) is 37.2 Å². The SMILES string of the molecule is Cc1cc(S(=O)(=O)N2CCN(C(=O)C(=O)N3CCOCC3)CC2)ccc1OC(C)C. The Bertz CT molecular complexity index is 888. The number of ether oxygens (including phenoxy) is 2. The summed E-state index contributed by atoms with van der Waals surface area (Å²) in [5.41, 5.74) is 0.745. The van der Waals surface area contributed by atoms with Crippen molar-refractivity contribution in [2.45, 2.75) is 31.8 Å². The molecule has 0 saturated carbocycles. The van der Waals surface area contributed by atoms with Crippen LogP contribution in [0.2, 0.25) is 0 Å². The van der Waals surface area contributed by atoms with Gasteiger partial charge in [-0.1, -0.05) is 0 Å². The molecule has 0 aliphatic carbocycles. The third-order valence-electron chi connectivity index (χ3n) is 5.15. The van der Waals surface area contributed by atoms with Gasteiger partial charge in [0.05, 0.1) is 24.2 Å². The average molecular weight is 440 g/mol. The van der Waals surface area contributed by atoms with Crippen molar-refractivity contribution in [2.24, 2.45) is 0 Å². The van der Waals surface area contributed by atoms with E-state index in [4.69, 9.17) is 9.47 Å². The van der Waals surface area contributed by atoms with Crippen molar-refractivity contribution in [1.82, 2.24) is 14.1 Å². The lowest BCUT2D eigenvalue weighted by atomic mass is 10.2. The molecule has 10 heteroatoms. The lowest BCUT2D eigenvalue weighted by Gasteiger charge is -2.35. The minimum absolute atomic E-state index is 0.00283. The number of rotatable bonds is 4. The highest BCUT2D eigenvalue weighted by atomic mass is 32.2. The Kier molecular flexibility index (Phi) is 6.99. The molecule has 2 saturated heterocycles. The molecule has 2 aliphatic heterocycles. The highest BCUT2D eigenvalue weighted by molar-refractivity contribution is 7.89. The van der Waals surface area contributed by atoms with Crippen LogP contribution in [0.3, 0.4) is 0 Å². The number of carbonyl (C=O) groups is 2. The maximum atomic E-state index is 13.0.